The molecule has 0 unspecified atom stereocenters. The van der Waals surface area contributed by atoms with Crippen molar-refractivity contribution in [3.05, 3.63) is 63.3 Å². The van der Waals surface area contributed by atoms with Crippen LogP contribution in [0.4, 0.5) is 5.69 Å². The van der Waals surface area contributed by atoms with Crippen molar-refractivity contribution in [2.24, 2.45) is 4.99 Å². The van der Waals surface area contributed by atoms with E-state index in [9.17, 15) is 14.9 Å². The number of nitro benzene ring substituents is 1. The number of hydrogen-bond acceptors (Lipinski definition) is 5. The smallest absolute Gasteiger partial charge is 0.269 e. The third kappa shape index (κ3) is 4.82. The van der Waals surface area contributed by atoms with Crippen molar-refractivity contribution in [2.75, 3.05) is 0 Å². The van der Waals surface area contributed by atoms with Crippen molar-refractivity contribution in [1.29, 1.82) is 0 Å². The Balaban J connectivity index is 1.45. The van der Waals surface area contributed by atoms with Gasteiger partial charge in [0.2, 0.25) is 0 Å². The number of thioether (sulfide) groups is 1. The molecule has 0 atom stereocenters. The Morgan fingerprint density at radius 1 is 0.971 bits per heavy atom. The van der Waals surface area contributed by atoms with E-state index in [0.717, 1.165) is 55.1 Å². The van der Waals surface area contributed by atoms with Crippen molar-refractivity contribution in [2.45, 2.75) is 76.3 Å². The minimum Gasteiger partial charge on any atom is -0.317 e. The SMILES string of the molecule is O=C1C(=Cc2cccn2-c2ccc([N+](=O)[O-])cc2)SC(=NC2CCCCC2)N1C1CCCCC1. The standard InChI is InChI=1S/C26H30N4O3S/c31-25-24(18-23-12-7-17-28(23)20-13-15-22(16-14-20)30(32)33)34-26(27-19-8-3-1-4-9-19)29(25)21-10-5-2-6-11-21/h7,12-19,21H,1-6,8-11H2. The highest BCUT2D eigenvalue weighted by molar-refractivity contribution is 8.18. The Labute approximate surface area is 204 Å². The van der Waals surface area contributed by atoms with Crippen LogP contribution in [-0.4, -0.2) is 37.5 Å². The molecule has 8 heteroatoms. The van der Waals surface area contributed by atoms with Gasteiger partial charge in [0.15, 0.2) is 5.17 Å². The summed E-state index contributed by atoms with van der Waals surface area (Å²) in [6, 6.07) is 10.9. The van der Waals surface area contributed by atoms with Crippen LogP contribution in [0.2, 0.25) is 0 Å². The van der Waals surface area contributed by atoms with Crippen LogP contribution in [0.1, 0.15) is 69.9 Å². The van der Waals surface area contributed by atoms with Crippen LogP contribution in [0.5, 0.6) is 0 Å². The highest BCUT2D eigenvalue weighted by Gasteiger charge is 2.39. The number of amidine groups is 1. The molecule has 3 fully saturated rings. The molecule has 2 saturated carbocycles. The third-order valence-electron chi connectivity index (χ3n) is 7.04. The van der Waals surface area contributed by atoms with Crippen LogP contribution < -0.4 is 0 Å². The predicted molar refractivity (Wildman–Crippen MR) is 136 cm³/mol. The molecule has 0 radical (unpaired) electrons. The number of rotatable bonds is 5. The van der Waals surface area contributed by atoms with Crippen LogP contribution in [0.3, 0.4) is 0 Å². The maximum absolute atomic E-state index is 13.6. The second-order valence-electron chi connectivity index (χ2n) is 9.36. The minimum atomic E-state index is -0.400. The van der Waals surface area contributed by atoms with E-state index in [-0.39, 0.29) is 17.6 Å². The molecule has 34 heavy (non-hydrogen) atoms. The van der Waals surface area contributed by atoms with Gasteiger partial charge in [-0.05, 0) is 67.8 Å². The summed E-state index contributed by atoms with van der Waals surface area (Å²) in [5.41, 5.74) is 1.74. The molecule has 1 amide bonds. The van der Waals surface area contributed by atoms with E-state index in [1.165, 1.54) is 49.6 Å². The number of non-ortho nitro benzene ring substituents is 1. The number of aliphatic imine (C=N–C) groups is 1. The van der Waals surface area contributed by atoms with Crippen LogP contribution in [-0.2, 0) is 4.79 Å². The lowest BCUT2D eigenvalue weighted by molar-refractivity contribution is -0.384. The van der Waals surface area contributed by atoms with Gasteiger partial charge in [-0.1, -0.05) is 38.5 Å². The molecule has 2 heterocycles. The van der Waals surface area contributed by atoms with Gasteiger partial charge in [-0.25, -0.2) is 0 Å². The van der Waals surface area contributed by atoms with Crippen molar-refractivity contribution in [3.63, 3.8) is 0 Å². The molecule has 1 aromatic heterocycles. The van der Waals surface area contributed by atoms with E-state index >= 15 is 0 Å². The number of hydrogen-bond donors (Lipinski definition) is 0. The lowest BCUT2D eigenvalue weighted by Gasteiger charge is -2.31. The second kappa shape index (κ2) is 10.2. The van der Waals surface area contributed by atoms with E-state index in [1.54, 1.807) is 12.1 Å². The average molecular weight is 479 g/mol. The molecule has 3 aliphatic rings. The Morgan fingerprint density at radius 2 is 1.65 bits per heavy atom. The van der Waals surface area contributed by atoms with Gasteiger partial charge in [0.05, 0.1) is 15.9 Å². The molecule has 1 saturated heterocycles. The van der Waals surface area contributed by atoms with Crippen LogP contribution in [0.15, 0.2) is 52.5 Å². The second-order valence-corrected chi connectivity index (χ2v) is 10.4. The molecule has 5 rings (SSSR count). The fourth-order valence-electron chi connectivity index (χ4n) is 5.22. The monoisotopic (exact) mass is 478 g/mol. The third-order valence-corrected chi connectivity index (χ3v) is 8.04. The van der Waals surface area contributed by atoms with Crippen LogP contribution >= 0.6 is 11.8 Å². The Bertz CT molecular complexity index is 1110. The van der Waals surface area contributed by atoms with E-state index in [2.05, 4.69) is 0 Å². The first-order valence-corrected chi connectivity index (χ1v) is 13.1. The van der Waals surface area contributed by atoms with E-state index in [4.69, 9.17) is 4.99 Å². The Kier molecular flexibility index (Phi) is 6.85. The summed E-state index contributed by atoms with van der Waals surface area (Å²) in [5.74, 6) is 0.0582. The zero-order chi connectivity index (χ0) is 23.5. The first-order chi connectivity index (χ1) is 16.6. The normalized spacial score (nSPS) is 22.7. The number of benzene rings is 1. The van der Waals surface area contributed by atoms with E-state index in [0.29, 0.717) is 10.9 Å². The number of aromatic nitrogens is 1. The van der Waals surface area contributed by atoms with Gasteiger partial charge < -0.3 is 4.57 Å². The molecule has 2 aromatic rings. The molecule has 1 aliphatic heterocycles. The van der Waals surface area contributed by atoms with Crippen molar-refractivity contribution in [3.8, 4) is 5.69 Å². The summed E-state index contributed by atoms with van der Waals surface area (Å²) >= 11 is 1.51. The summed E-state index contributed by atoms with van der Waals surface area (Å²) in [6.07, 6.45) is 15.4. The van der Waals surface area contributed by atoms with Gasteiger partial charge in [0.1, 0.15) is 0 Å². The maximum atomic E-state index is 13.6. The number of nitro groups is 1. The van der Waals surface area contributed by atoms with Gasteiger partial charge in [0.25, 0.3) is 11.6 Å². The number of carbonyl (C=O) groups is 1. The van der Waals surface area contributed by atoms with E-state index in [1.807, 2.05) is 33.9 Å². The van der Waals surface area contributed by atoms with E-state index < -0.39 is 4.92 Å². The number of amides is 1. The van der Waals surface area contributed by atoms with Gasteiger partial charge >= 0.3 is 0 Å². The molecular formula is C26H30N4O3S. The first-order valence-electron chi connectivity index (χ1n) is 12.3. The van der Waals surface area contributed by atoms with Crippen LogP contribution in [0, 0.1) is 10.1 Å². The Hall–Kier alpha value is -2.87. The van der Waals surface area contributed by atoms with Gasteiger partial charge in [-0.2, -0.15) is 0 Å². The van der Waals surface area contributed by atoms with Crippen molar-refractivity contribution in [1.82, 2.24) is 9.47 Å². The van der Waals surface area contributed by atoms with Crippen molar-refractivity contribution >= 4 is 34.6 Å². The lowest BCUT2D eigenvalue weighted by atomic mass is 9.94. The molecule has 178 valence electrons. The molecule has 1 aromatic carbocycles. The largest absolute Gasteiger partial charge is 0.317 e. The summed E-state index contributed by atoms with van der Waals surface area (Å²) in [6.45, 7) is 0. The fourth-order valence-corrected chi connectivity index (χ4v) is 6.31. The molecule has 2 aliphatic carbocycles. The highest BCUT2D eigenvalue weighted by Crippen LogP contribution is 2.38. The zero-order valence-corrected chi connectivity index (χ0v) is 20.1. The first kappa shape index (κ1) is 22.9. The molecule has 0 bridgehead atoms. The lowest BCUT2D eigenvalue weighted by Crippen LogP contribution is -2.41. The number of carbonyl (C=O) groups excluding carboxylic acids is 1. The Morgan fingerprint density at radius 3 is 2.32 bits per heavy atom. The molecule has 0 N–H and O–H groups in total. The summed E-state index contributed by atoms with van der Waals surface area (Å²) in [4.78, 5) is 32.0. The van der Waals surface area contributed by atoms with Gasteiger partial charge in [-0.3, -0.25) is 24.8 Å². The number of nitrogens with zero attached hydrogens (tertiary/aromatic N) is 4. The quantitative estimate of drug-likeness (QED) is 0.286. The summed E-state index contributed by atoms with van der Waals surface area (Å²) < 4.78 is 1.95. The minimum absolute atomic E-state index is 0.0582. The average Bonchev–Trinajstić information content (AvgIpc) is 3.45. The molecule has 7 nitrogen and oxygen atoms in total. The maximum Gasteiger partial charge on any atom is 0.269 e. The summed E-state index contributed by atoms with van der Waals surface area (Å²) in [5, 5.41) is 11.9. The predicted octanol–water partition coefficient (Wildman–Crippen LogP) is 6.32. The van der Waals surface area contributed by atoms with Gasteiger partial charge in [-0.15, -0.1) is 0 Å². The summed E-state index contributed by atoms with van der Waals surface area (Å²) in [7, 11) is 0. The molecular weight excluding hydrogens is 448 g/mol. The topological polar surface area (TPSA) is 80.7 Å². The van der Waals surface area contributed by atoms with Gasteiger partial charge in [0, 0.05) is 35.8 Å². The zero-order valence-electron chi connectivity index (χ0n) is 19.3. The molecule has 0 spiro atoms. The fraction of sp³-hybridized carbons (Fsp3) is 0.462. The van der Waals surface area contributed by atoms with Crippen molar-refractivity contribution < 1.29 is 9.72 Å². The van der Waals surface area contributed by atoms with Crippen LogP contribution in [0.25, 0.3) is 11.8 Å². The highest BCUT2D eigenvalue weighted by atomic mass is 32.2.